The van der Waals surface area contributed by atoms with Crippen LogP contribution in [-0.4, -0.2) is 48.0 Å². The quantitative estimate of drug-likeness (QED) is 0.852. The van der Waals surface area contributed by atoms with E-state index in [0.29, 0.717) is 37.5 Å². The number of nitrogens with zero attached hydrogens (tertiary/aromatic N) is 2. The normalized spacial score (nSPS) is 14.4. The number of piperazine rings is 1. The number of rotatable bonds is 2. The van der Waals surface area contributed by atoms with Crippen molar-refractivity contribution < 1.29 is 18.7 Å². The Morgan fingerprint density at radius 1 is 0.833 bits per heavy atom. The fraction of sp³-hybridized carbons (Fsp3) is 0.222. The van der Waals surface area contributed by atoms with Crippen molar-refractivity contribution in [2.45, 2.75) is 0 Å². The Labute approximate surface area is 139 Å². The molecule has 1 saturated heterocycles. The summed E-state index contributed by atoms with van der Waals surface area (Å²) in [7, 11) is 0. The van der Waals surface area contributed by atoms with Gasteiger partial charge in [0.25, 0.3) is 5.91 Å². The molecule has 0 unspecified atom stereocenters. The van der Waals surface area contributed by atoms with Crippen molar-refractivity contribution in [3.8, 4) is 5.75 Å². The molecule has 0 saturated carbocycles. The van der Waals surface area contributed by atoms with Crippen LogP contribution in [0, 0.1) is 5.82 Å². The van der Waals surface area contributed by atoms with Crippen molar-refractivity contribution >= 4 is 12.0 Å². The zero-order valence-electron chi connectivity index (χ0n) is 13.0. The molecule has 2 aromatic rings. The minimum atomic E-state index is -0.421. The van der Waals surface area contributed by atoms with Crippen LogP contribution in [0.25, 0.3) is 0 Å². The summed E-state index contributed by atoms with van der Waals surface area (Å²) in [4.78, 5) is 27.7. The van der Waals surface area contributed by atoms with Crippen LogP contribution in [0.4, 0.5) is 9.18 Å². The second-order valence-electron chi connectivity index (χ2n) is 5.47. The van der Waals surface area contributed by atoms with E-state index in [2.05, 4.69) is 0 Å². The molecule has 1 aliphatic heterocycles. The molecule has 0 N–H and O–H groups in total. The molecule has 1 heterocycles. The molecule has 124 valence electrons. The molecule has 0 aromatic heterocycles. The largest absolute Gasteiger partial charge is 0.415 e. The first kappa shape index (κ1) is 16.0. The Morgan fingerprint density at radius 3 is 2.04 bits per heavy atom. The van der Waals surface area contributed by atoms with Crippen LogP contribution in [0.3, 0.4) is 0 Å². The molecule has 3 rings (SSSR count). The second kappa shape index (κ2) is 7.12. The van der Waals surface area contributed by atoms with Crippen molar-refractivity contribution in [2.24, 2.45) is 0 Å². The standard InChI is InChI=1S/C18H17FN2O3/c19-15-8-6-14(7-9-15)17(22)20-10-12-21(13-11-20)18(23)24-16-4-2-1-3-5-16/h1-9H,10-13H2. The van der Waals surface area contributed by atoms with Gasteiger partial charge in [0.2, 0.25) is 0 Å². The fourth-order valence-corrected chi connectivity index (χ4v) is 2.52. The van der Waals surface area contributed by atoms with E-state index in [1.807, 2.05) is 6.07 Å². The number of amides is 2. The van der Waals surface area contributed by atoms with Gasteiger partial charge in [-0.2, -0.15) is 0 Å². The lowest BCUT2D eigenvalue weighted by Crippen LogP contribution is -2.51. The monoisotopic (exact) mass is 328 g/mol. The van der Waals surface area contributed by atoms with Crippen LogP contribution in [0.5, 0.6) is 5.75 Å². The number of benzene rings is 2. The van der Waals surface area contributed by atoms with Crippen LogP contribution in [0.15, 0.2) is 54.6 Å². The summed E-state index contributed by atoms with van der Waals surface area (Å²) in [5.41, 5.74) is 0.441. The zero-order valence-corrected chi connectivity index (χ0v) is 13.0. The van der Waals surface area contributed by atoms with E-state index in [-0.39, 0.29) is 11.7 Å². The molecule has 2 amide bonds. The molecule has 2 aromatic carbocycles. The van der Waals surface area contributed by atoms with Crippen LogP contribution < -0.4 is 4.74 Å². The highest BCUT2D eigenvalue weighted by Crippen LogP contribution is 2.13. The molecule has 0 radical (unpaired) electrons. The SMILES string of the molecule is O=C(Oc1ccccc1)N1CCN(C(=O)c2ccc(F)cc2)CC1. The Balaban J connectivity index is 1.54. The van der Waals surface area contributed by atoms with Gasteiger partial charge in [0.1, 0.15) is 11.6 Å². The Bertz CT molecular complexity index is 711. The van der Waals surface area contributed by atoms with Crippen LogP contribution in [-0.2, 0) is 0 Å². The first-order valence-electron chi connectivity index (χ1n) is 7.70. The summed E-state index contributed by atoms with van der Waals surface area (Å²) in [6.45, 7) is 1.64. The number of carbonyl (C=O) groups excluding carboxylic acids is 2. The summed E-state index contributed by atoms with van der Waals surface area (Å²) >= 11 is 0. The highest BCUT2D eigenvalue weighted by Gasteiger charge is 2.25. The van der Waals surface area contributed by atoms with E-state index in [1.54, 1.807) is 34.1 Å². The van der Waals surface area contributed by atoms with Gasteiger partial charge in [0.15, 0.2) is 0 Å². The molecular formula is C18H17FN2O3. The lowest BCUT2D eigenvalue weighted by Gasteiger charge is -2.34. The minimum Gasteiger partial charge on any atom is -0.410 e. The molecule has 5 nitrogen and oxygen atoms in total. The maximum atomic E-state index is 12.9. The molecule has 1 fully saturated rings. The average Bonchev–Trinajstić information content (AvgIpc) is 2.63. The van der Waals surface area contributed by atoms with Crippen molar-refractivity contribution in [3.63, 3.8) is 0 Å². The van der Waals surface area contributed by atoms with Gasteiger partial charge in [-0.3, -0.25) is 4.79 Å². The fourth-order valence-electron chi connectivity index (χ4n) is 2.52. The van der Waals surface area contributed by atoms with Gasteiger partial charge >= 0.3 is 6.09 Å². The van der Waals surface area contributed by atoms with Gasteiger partial charge in [-0.1, -0.05) is 18.2 Å². The van der Waals surface area contributed by atoms with Crippen molar-refractivity contribution in [1.82, 2.24) is 9.80 Å². The third-order valence-corrected chi connectivity index (χ3v) is 3.86. The first-order valence-corrected chi connectivity index (χ1v) is 7.70. The second-order valence-corrected chi connectivity index (χ2v) is 5.47. The third kappa shape index (κ3) is 3.71. The molecule has 0 spiro atoms. The minimum absolute atomic E-state index is 0.161. The summed E-state index contributed by atoms with van der Waals surface area (Å²) in [5.74, 6) is -0.0431. The Morgan fingerprint density at radius 2 is 1.42 bits per heavy atom. The van der Waals surface area contributed by atoms with E-state index in [0.717, 1.165) is 0 Å². The highest BCUT2D eigenvalue weighted by atomic mass is 19.1. The topological polar surface area (TPSA) is 49.9 Å². The number of hydrogen-bond donors (Lipinski definition) is 0. The first-order chi connectivity index (χ1) is 11.6. The summed E-state index contributed by atoms with van der Waals surface area (Å²) in [6.07, 6.45) is -0.421. The van der Waals surface area contributed by atoms with E-state index >= 15 is 0 Å². The van der Waals surface area contributed by atoms with Gasteiger partial charge in [-0.15, -0.1) is 0 Å². The van der Waals surface area contributed by atoms with Gasteiger partial charge in [-0.05, 0) is 36.4 Å². The summed E-state index contributed by atoms with van der Waals surface area (Å²) < 4.78 is 18.2. The zero-order chi connectivity index (χ0) is 16.9. The van der Waals surface area contributed by atoms with Crippen molar-refractivity contribution in [3.05, 3.63) is 66.0 Å². The lowest BCUT2D eigenvalue weighted by atomic mass is 10.2. The average molecular weight is 328 g/mol. The highest BCUT2D eigenvalue weighted by molar-refractivity contribution is 5.94. The maximum absolute atomic E-state index is 12.9. The molecule has 6 heteroatoms. The molecule has 0 aliphatic carbocycles. The Kier molecular flexibility index (Phi) is 4.74. The molecule has 0 atom stereocenters. The van der Waals surface area contributed by atoms with Crippen molar-refractivity contribution in [2.75, 3.05) is 26.2 Å². The summed E-state index contributed by atoms with van der Waals surface area (Å²) in [5, 5.41) is 0. The van der Waals surface area contributed by atoms with Gasteiger partial charge in [-0.25, -0.2) is 9.18 Å². The third-order valence-electron chi connectivity index (χ3n) is 3.86. The number of hydrogen-bond acceptors (Lipinski definition) is 3. The van der Waals surface area contributed by atoms with E-state index < -0.39 is 6.09 Å². The molecular weight excluding hydrogens is 311 g/mol. The molecule has 24 heavy (non-hydrogen) atoms. The predicted octanol–water partition coefficient (Wildman–Crippen LogP) is 2.78. The van der Waals surface area contributed by atoms with E-state index in [9.17, 15) is 14.0 Å². The maximum Gasteiger partial charge on any atom is 0.415 e. The summed E-state index contributed by atoms with van der Waals surface area (Å²) in [6, 6.07) is 14.3. The van der Waals surface area contributed by atoms with Crippen LogP contribution in [0.2, 0.25) is 0 Å². The number of para-hydroxylation sites is 1. The van der Waals surface area contributed by atoms with Crippen molar-refractivity contribution in [1.29, 1.82) is 0 Å². The predicted molar refractivity (Wildman–Crippen MR) is 86.3 cm³/mol. The molecule has 1 aliphatic rings. The van der Waals surface area contributed by atoms with Gasteiger partial charge < -0.3 is 14.5 Å². The Hall–Kier alpha value is -2.89. The number of ether oxygens (including phenoxy) is 1. The van der Waals surface area contributed by atoms with E-state index in [1.165, 1.54) is 24.3 Å². The number of halogens is 1. The molecule has 0 bridgehead atoms. The van der Waals surface area contributed by atoms with E-state index in [4.69, 9.17) is 4.74 Å². The smallest absolute Gasteiger partial charge is 0.410 e. The lowest BCUT2D eigenvalue weighted by molar-refractivity contribution is 0.0633. The van der Waals surface area contributed by atoms with Gasteiger partial charge in [0, 0.05) is 31.7 Å². The van der Waals surface area contributed by atoms with Gasteiger partial charge in [0.05, 0.1) is 0 Å². The van der Waals surface area contributed by atoms with Crippen LogP contribution in [0.1, 0.15) is 10.4 Å². The van der Waals surface area contributed by atoms with Crippen LogP contribution >= 0.6 is 0 Å². The number of carbonyl (C=O) groups is 2.